The fraction of sp³-hybridized carbons (Fsp3) is 0.438. The van der Waals surface area contributed by atoms with Crippen molar-refractivity contribution in [2.24, 2.45) is 0 Å². The summed E-state index contributed by atoms with van der Waals surface area (Å²) in [7, 11) is 0. The van der Waals surface area contributed by atoms with E-state index in [4.69, 9.17) is 9.47 Å². The van der Waals surface area contributed by atoms with Crippen LogP contribution in [0.3, 0.4) is 0 Å². The fourth-order valence-corrected chi connectivity index (χ4v) is 3.91. The van der Waals surface area contributed by atoms with Gasteiger partial charge in [0.1, 0.15) is 0 Å². The van der Waals surface area contributed by atoms with Crippen LogP contribution in [0.25, 0.3) is 0 Å². The molecule has 0 spiro atoms. The van der Waals surface area contributed by atoms with Gasteiger partial charge in [0.25, 0.3) is 0 Å². The number of ether oxygens (including phenoxy) is 2. The molecule has 0 fully saturated rings. The van der Waals surface area contributed by atoms with Gasteiger partial charge in [-0.05, 0) is 0 Å². The summed E-state index contributed by atoms with van der Waals surface area (Å²) in [6.07, 6.45) is 1.40. The quantitative estimate of drug-likeness (QED) is 0.763. The van der Waals surface area contributed by atoms with Gasteiger partial charge in [0.05, 0.1) is 0 Å². The first-order valence-corrected chi connectivity index (χ1v) is 9.01. The molecule has 4 nitrogen and oxygen atoms in total. The van der Waals surface area contributed by atoms with E-state index in [0.717, 1.165) is 17.5 Å². The Morgan fingerprint density at radius 2 is 2.00 bits per heavy atom. The summed E-state index contributed by atoms with van der Waals surface area (Å²) in [5, 5.41) is 0. The van der Waals surface area contributed by atoms with Gasteiger partial charge in [-0.3, -0.25) is 0 Å². The van der Waals surface area contributed by atoms with Crippen molar-refractivity contribution in [1.29, 1.82) is 0 Å². The second-order valence-electron chi connectivity index (χ2n) is 4.62. The normalized spacial score (nSPS) is 14.6. The Morgan fingerprint density at radius 1 is 1.29 bits per heavy atom. The minimum atomic E-state index is -0.276. The minimum absolute atomic E-state index is 0.0422. The second kappa shape index (κ2) is 8.10. The monoisotopic (exact) mass is 355 g/mol. The summed E-state index contributed by atoms with van der Waals surface area (Å²) in [6.45, 7) is 5.91. The second-order valence-corrected chi connectivity index (χ2v) is 6.81. The molecule has 0 N–H and O–H groups in total. The van der Waals surface area contributed by atoms with Crippen LogP contribution in [0, 0.1) is 0 Å². The van der Waals surface area contributed by atoms with Crippen molar-refractivity contribution in [2.75, 3.05) is 19.7 Å². The van der Waals surface area contributed by atoms with E-state index >= 15 is 0 Å². The molecular formula is C16H21NO3Se. The molecule has 0 radical (unpaired) electrons. The molecule has 1 aliphatic rings. The van der Waals surface area contributed by atoms with E-state index in [1.807, 2.05) is 32.0 Å². The van der Waals surface area contributed by atoms with E-state index < -0.39 is 0 Å². The third kappa shape index (κ3) is 4.51. The average molecular weight is 354 g/mol. The van der Waals surface area contributed by atoms with Crippen LogP contribution in [0.2, 0.25) is 0 Å². The number of carbonyl (C=O) groups excluding carboxylic acids is 1. The Hall–Kier alpha value is -1.45. The number of rotatable bonds is 5. The van der Waals surface area contributed by atoms with Crippen LogP contribution in [0.1, 0.15) is 26.7 Å². The molecule has 0 aliphatic carbocycles. The Balaban J connectivity index is 2.10. The van der Waals surface area contributed by atoms with Crippen molar-refractivity contribution in [3.05, 3.63) is 40.7 Å². The molecule has 21 heavy (non-hydrogen) atoms. The SMILES string of the molecule is CCN(CC)C(=O)OC1=C([Se]c2ccccc2)OCCC1. The number of nitrogens with zero attached hydrogens (tertiary/aromatic N) is 1. The number of benzene rings is 1. The molecule has 114 valence electrons. The van der Waals surface area contributed by atoms with Crippen molar-refractivity contribution in [1.82, 2.24) is 4.90 Å². The standard InChI is InChI=1S/C16H21NO3Se/c1-3-17(4-2)16(18)20-14-11-8-12-19-15(14)21-13-9-6-5-7-10-13/h5-7,9-10H,3-4,8,11-12H2,1-2H3. The van der Waals surface area contributed by atoms with E-state index in [9.17, 15) is 4.79 Å². The predicted octanol–water partition coefficient (Wildman–Crippen LogP) is 2.47. The first kappa shape index (κ1) is 15.9. The summed E-state index contributed by atoms with van der Waals surface area (Å²) in [4.78, 5) is 13.8. The predicted molar refractivity (Wildman–Crippen MR) is 83.4 cm³/mol. The Morgan fingerprint density at radius 3 is 2.67 bits per heavy atom. The zero-order valence-electron chi connectivity index (χ0n) is 12.5. The van der Waals surface area contributed by atoms with Crippen LogP contribution in [0.5, 0.6) is 0 Å². The van der Waals surface area contributed by atoms with Crippen molar-refractivity contribution in [2.45, 2.75) is 26.7 Å². The summed E-state index contributed by atoms with van der Waals surface area (Å²) in [5.74, 6) is 0.710. The molecule has 1 amide bonds. The number of hydrogen-bond acceptors (Lipinski definition) is 3. The first-order chi connectivity index (χ1) is 10.2. The van der Waals surface area contributed by atoms with Gasteiger partial charge < -0.3 is 0 Å². The number of allylic oxidation sites excluding steroid dienone is 1. The van der Waals surface area contributed by atoms with Crippen molar-refractivity contribution in [3.63, 3.8) is 0 Å². The van der Waals surface area contributed by atoms with Crippen LogP contribution < -0.4 is 4.46 Å². The molecule has 1 aromatic carbocycles. The molecule has 1 aromatic rings. The van der Waals surface area contributed by atoms with E-state index in [-0.39, 0.29) is 21.1 Å². The van der Waals surface area contributed by atoms with Crippen LogP contribution in [0.15, 0.2) is 40.7 Å². The van der Waals surface area contributed by atoms with Gasteiger partial charge in [-0.2, -0.15) is 0 Å². The molecule has 5 heteroatoms. The van der Waals surface area contributed by atoms with Gasteiger partial charge in [-0.25, -0.2) is 0 Å². The maximum atomic E-state index is 12.1. The van der Waals surface area contributed by atoms with Crippen LogP contribution in [-0.4, -0.2) is 45.6 Å². The number of hydrogen-bond donors (Lipinski definition) is 0. The molecule has 1 aliphatic heterocycles. The molecule has 0 unspecified atom stereocenters. The van der Waals surface area contributed by atoms with Crippen molar-refractivity contribution >= 4 is 25.5 Å². The zero-order valence-corrected chi connectivity index (χ0v) is 14.2. The van der Waals surface area contributed by atoms with Gasteiger partial charge in [0.2, 0.25) is 0 Å². The van der Waals surface area contributed by atoms with E-state index in [1.165, 1.54) is 4.46 Å². The molecule has 0 aromatic heterocycles. The summed E-state index contributed by atoms with van der Waals surface area (Å²) >= 11 is 0.0422. The molecule has 1 heterocycles. The van der Waals surface area contributed by atoms with Crippen LogP contribution >= 0.6 is 0 Å². The zero-order chi connectivity index (χ0) is 15.1. The fourth-order valence-electron chi connectivity index (χ4n) is 2.01. The Labute approximate surface area is 132 Å². The van der Waals surface area contributed by atoms with E-state index in [0.29, 0.717) is 25.5 Å². The van der Waals surface area contributed by atoms with E-state index in [2.05, 4.69) is 12.1 Å². The van der Waals surface area contributed by atoms with Gasteiger partial charge >= 0.3 is 132 Å². The third-order valence-corrected chi connectivity index (χ3v) is 5.37. The van der Waals surface area contributed by atoms with E-state index in [1.54, 1.807) is 4.90 Å². The molecule has 0 saturated heterocycles. The third-order valence-electron chi connectivity index (χ3n) is 3.19. The molecule has 0 bridgehead atoms. The van der Waals surface area contributed by atoms with Crippen LogP contribution in [-0.2, 0) is 9.47 Å². The number of amides is 1. The van der Waals surface area contributed by atoms with Gasteiger partial charge in [0, 0.05) is 0 Å². The summed E-state index contributed by atoms with van der Waals surface area (Å²) in [6, 6.07) is 10.2. The molecule has 2 rings (SSSR count). The molecular weight excluding hydrogens is 333 g/mol. The average Bonchev–Trinajstić information content (AvgIpc) is 2.51. The Kier molecular flexibility index (Phi) is 6.15. The van der Waals surface area contributed by atoms with Gasteiger partial charge in [-0.15, -0.1) is 0 Å². The topological polar surface area (TPSA) is 38.8 Å². The summed E-state index contributed by atoms with van der Waals surface area (Å²) in [5.41, 5.74) is 0. The van der Waals surface area contributed by atoms with Gasteiger partial charge in [-0.1, -0.05) is 0 Å². The van der Waals surface area contributed by atoms with Crippen molar-refractivity contribution in [3.8, 4) is 0 Å². The molecule has 0 atom stereocenters. The summed E-state index contributed by atoms with van der Waals surface area (Å²) < 4.78 is 13.4. The first-order valence-electron chi connectivity index (χ1n) is 7.30. The van der Waals surface area contributed by atoms with Crippen LogP contribution in [0.4, 0.5) is 4.79 Å². The Bertz CT molecular complexity index is 498. The maximum absolute atomic E-state index is 12.1. The van der Waals surface area contributed by atoms with Gasteiger partial charge in [0.15, 0.2) is 0 Å². The van der Waals surface area contributed by atoms with Crippen molar-refractivity contribution < 1.29 is 14.3 Å². The molecule has 0 saturated carbocycles. The number of carbonyl (C=O) groups is 1.